The van der Waals surface area contributed by atoms with Crippen LogP contribution in [-0.4, -0.2) is 9.49 Å². The summed E-state index contributed by atoms with van der Waals surface area (Å²) >= 11 is 0. The number of non-ortho nitro benzene ring substituents is 1. The van der Waals surface area contributed by atoms with E-state index in [9.17, 15) is 10.1 Å². The molecule has 22 heavy (non-hydrogen) atoms. The maximum atomic E-state index is 10.8. The average molecular weight is 296 g/mol. The van der Waals surface area contributed by atoms with Crippen LogP contribution in [0.2, 0.25) is 0 Å². The van der Waals surface area contributed by atoms with Crippen LogP contribution < -0.4 is 0 Å². The molecule has 0 radical (unpaired) electrons. The van der Waals surface area contributed by atoms with Gasteiger partial charge in [0.2, 0.25) is 0 Å². The molecule has 0 unspecified atom stereocenters. The van der Waals surface area contributed by atoms with E-state index in [1.807, 2.05) is 47.9 Å². The number of rotatable bonds is 5. The second kappa shape index (κ2) is 5.99. The van der Waals surface area contributed by atoms with Crippen LogP contribution in [0.25, 0.3) is 10.9 Å². The Morgan fingerprint density at radius 2 is 1.91 bits per heavy atom. The summed E-state index contributed by atoms with van der Waals surface area (Å²) in [6.45, 7) is 2.92. The molecule has 0 spiro atoms. The SMILES string of the molecule is Cc1cc2cc([N+](=O)[O-])ccc2n1COCc1ccccc1. The van der Waals surface area contributed by atoms with Crippen molar-refractivity contribution in [3.05, 3.63) is 76.0 Å². The van der Waals surface area contributed by atoms with Gasteiger partial charge < -0.3 is 9.30 Å². The fourth-order valence-electron chi connectivity index (χ4n) is 2.51. The molecule has 0 saturated heterocycles. The molecule has 0 bridgehead atoms. The highest BCUT2D eigenvalue weighted by Gasteiger charge is 2.11. The van der Waals surface area contributed by atoms with E-state index in [1.165, 1.54) is 6.07 Å². The van der Waals surface area contributed by atoms with E-state index < -0.39 is 0 Å². The molecule has 5 nitrogen and oxygen atoms in total. The van der Waals surface area contributed by atoms with Gasteiger partial charge in [-0.25, -0.2) is 0 Å². The van der Waals surface area contributed by atoms with Gasteiger partial charge in [0.1, 0.15) is 6.73 Å². The van der Waals surface area contributed by atoms with Crippen molar-refractivity contribution in [2.24, 2.45) is 0 Å². The van der Waals surface area contributed by atoms with E-state index in [2.05, 4.69) is 0 Å². The fourth-order valence-corrected chi connectivity index (χ4v) is 2.51. The van der Waals surface area contributed by atoms with E-state index in [0.29, 0.717) is 13.3 Å². The Kier molecular flexibility index (Phi) is 3.89. The summed E-state index contributed by atoms with van der Waals surface area (Å²) in [6.07, 6.45) is 0. The van der Waals surface area contributed by atoms with Crippen molar-refractivity contribution in [1.29, 1.82) is 0 Å². The highest BCUT2D eigenvalue weighted by Crippen LogP contribution is 2.24. The van der Waals surface area contributed by atoms with Gasteiger partial charge in [-0.2, -0.15) is 0 Å². The molecule has 2 aromatic carbocycles. The molecule has 3 aromatic rings. The van der Waals surface area contributed by atoms with Crippen LogP contribution in [0.4, 0.5) is 5.69 Å². The Labute approximate surface area is 127 Å². The number of nitro groups is 1. The number of ether oxygens (including phenoxy) is 1. The molecule has 0 aliphatic carbocycles. The summed E-state index contributed by atoms with van der Waals surface area (Å²) in [5.41, 5.74) is 3.18. The van der Waals surface area contributed by atoms with Crippen LogP contribution in [0.5, 0.6) is 0 Å². The number of hydrogen-bond acceptors (Lipinski definition) is 3. The van der Waals surface area contributed by atoms with Gasteiger partial charge in [-0.15, -0.1) is 0 Å². The van der Waals surface area contributed by atoms with Crippen molar-refractivity contribution < 1.29 is 9.66 Å². The first-order valence-corrected chi connectivity index (χ1v) is 7.01. The van der Waals surface area contributed by atoms with Crippen LogP contribution in [-0.2, 0) is 18.1 Å². The summed E-state index contributed by atoms with van der Waals surface area (Å²) < 4.78 is 7.78. The summed E-state index contributed by atoms with van der Waals surface area (Å²) in [6, 6.07) is 16.8. The Morgan fingerprint density at radius 3 is 2.64 bits per heavy atom. The second-order valence-corrected chi connectivity index (χ2v) is 5.18. The number of nitro benzene ring substituents is 1. The predicted octanol–water partition coefficient (Wildman–Crippen LogP) is 4.03. The molecule has 112 valence electrons. The molecule has 0 amide bonds. The van der Waals surface area contributed by atoms with Gasteiger partial charge in [0.05, 0.1) is 17.0 Å². The standard InChI is InChI=1S/C17H16N2O3/c1-13-9-15-10-16(19(20)21)7-8-17(15)18(13)12-22-11-14-5-3-2-4-6-14/h2-10H,11-12H2,1H3. The number of hydrogen-bond donors (Lipinski definition) is 0. The maximum absolute atomic E-state index is 10.8. The minimum absolute atomic E-state index is 0.106. The molecule has 0 saturated carbocycles. The van der Waals surface area contributed by atoms with Gasteiger partial charge in [-0.1, -0.05) is 30.3 Å². The van der Waals surface area contributed by atoms with Crippen molar-refractivity contribution in [2.75, 3.05) is 0 Å². The van der Waals surface area contributed by atoms with Crippen molar-refractivity contribution in [3.63, 3.8) is 0 Å². The zero-order valence-electron chi connectivity index (χ0n) is 12.2. The average Bonchev–Trinajstić information content (AvgIpc) is 2.83. The van der Waals surface area contributed by atoms with Crippen LogP contribution in [0.15, 0.2) is 54.6 Å². The number of aryl methyl sites for hydroxylation is 1. The molecular formula is C17H16N2O3. The van der Waals surface area contributed by atoms with Gasteiger partial charge in [0.15, 0.2) is 0 Å². The Hall–Kier alpha value is -2.66. The first kappa shape index (κ1) is 14.3. The lowest BCUT2D eigenvalue weighted by Crippen LogP contribution is -2.04. The van der Waals surface area contributed by atoms with E-state index in [1.54, 1.807) is 12.1 Å². The van der Waals surface area contributed by atoms with Crippen molar-refractivity contribution in [2.45, 2.75) is 20.3 Å². The van der Waals surface area contributed by atoms with E-state index in [4.69, 9.17) is 4.74 Å². The fraction of sp³-hybridized carbons (Fsp3) is 0.176. The lowest BCUT2D eigenvalue weighted by molar-refractivity contribution is -0.384. The normalized spacial score (nSPS) is 11.0. The summed E-state index contributed by atoms with van der Waals surface area (Å²) in [4.78, 5) is 10.5. The Bertz CT molecular complexity index is 809. The van der Waals surface area contributed by atoms with Crippen molar-refractivity contribution in [3.8, 4) is 0 Å². The van der Waals surface area contributed by atoms with Gasteiger partial charge in [-0.05, 0) is 24.6 Å². The number of aromatic nitrogens is 1. The second-order valence-electron chi connectivity index (χ2n) is 5.18. The predicted molar refractivity (Wildman–Crippen MR) is 84.6 cm³/mol. The van der Waals surface area contributed by atoms with Crippen LogP contribution in [0.3, 0.4) is 0 Å². The van der Waals surface area contributed by atoms with Gasteiger partial charge in [-0.3, -0.25) is 10.1 Å². The first-order valence-electron chi connectivity index (χ1n) is 7.01. The molecule has 1 aromatic heterocycles. The van der Waals surface area contributed by atoms with Crippen molar-refractivity contribution in [1.82, 2.24) is 4.57 Å². The van der Waals surface area contributed by atoms with Gasteiger partial charge in [0.25, 0.3) is 5.69 Å². The largest absolute Gasteiger partial charge is 0.356 e. The van der Waals surface area contributed by atoms with E-state index in [-0.39, 0.29) is 10.6 Å². The molecule has 3 rings (SSSR count). The number of benzene rings is 2. The van der Waals surface area contributed by atoms with E-state index >= 15 is 0 Å². The lowest BCUT2D eigenvalue weighted by Gasteiger charge is -2.09. The zero-order valence-corrected chi connectivity index (χ0v) is 12.2. The van der Waals surface area contributed by atoms with Gasteiger partial charge >= 0.3 is 0 Å². The number of fused-ring (bicyclic) bond motifs is 1. The molecular weight excluding hydrogens is 280 g/mol. The van der Waals surface area contributed by atoms with E-state index in [0.717, 1.165) is 22.2 Å². The molecule has 0 aliphatic rings. The summed E-state index contributed by atoms with van der Waals surface area (Å²) in [7, 11) is 0. The summed E-state index contributed by atoms with van der Waals surface area (Å²) in [5.74, 6) is 0. The minimum atomic E-state index is -0.377. The van der Waals surface area contributed by atoms with Crippen LogP contribution in [0, 0.1) is 17.0 Å². The molecule has 0 fully saturated rings. The molecule has 0 aliphatic heterocycles. The first-order chi connectivity index (χ1) is 10.6. The van der Waals surface area contributed by atoms with Gasteiger partial charge in [0, 0.05) is 23.2 Å². The monoisotopic (exact) mass is 296 g/mol. The van der Waals surface area contributed by atoms with Crippen LogP contribution in [0.1, 0.15) is 11.3 Å². The lowest BCUT2D eigenvalue weighted by atomic mass is 10.2. The number of nitrogens with zero attached hydrogens (tertiary/aromatic N) is 2. The third kappa shape index (κ3) is 2.84. The highest BCUT2D eigenvalue weighted by molar-refractivity contribution is 5.83. The molecule has 0 N–H and O–H groups in total. The third-order valence-electron chi connectivity index (χ3n) is 3.63. The minimum Gasteiger partial charge on any atom is -0.356 e. The molecule has 5 heteroatoms. The highest BCUT2D eigenvalue weighted by atomic mass is 16.6. The molecule has 0 atom stereocenters. The smallest absolute Gasteiger partial charge is 0.270 e. The van der Waals surface area contributed by atoms with Crippen LogP contribution >= 0.6 is 0 Å². The topological polar surface area (TPSA) is 57.3 Å². The summed E-state index contributed by atoms with van der Waals surface area (Å²) in [5, 5.41) is 11.7. The third-order valence-corrected chi connectivity index (χ3v) is 3.63. The van der Waals surface area contributed by atoms with Crippen molar-refractivity contribution >= 4 is 16.6 Å². The molecule has 1 heterocycles. The Morgan fingerprint density at radius 1 is 1.14 bits per heavy atom. The quantitative estimate of drug-likeness (QED) is 0.527. The Balaban J connectivity index is 1.78. The zero-order chi connectivity index (χ0) is 15.5. The maximum Gasteiger partial charge on any atom is 0.270 e.